The third kappa shape index (κ3) is 24.3. The minimum Gasteiger partial charge on any atom is -0.434 e. The van der Waals surface area contributed by atoms with Gasteiger partial charge in [0.15, 0.2) is 18.1 Å². The first kappa shape index (κ1) is 45.4. The average molecular weight is 703 g/mol. The minimum absolute atomic E-state index is 0.169. The molecule has 1 aliphatic heterocycles. The van der Waals surface area contributed by atoms with Crippen LogP contribution < -0.4 is 0 Å². The summed E-state index contributed by atoms with van der Waals surface area (Å²) in [6.07, 6.45) is 28.0. The number of halogens is 1. The highest BCUT2D eigenvalue weighted by Gasteiger charge is 2.57. The Balaban J connectivity index is 2.07. The molecule has 0 saturated carbocycles. The summed E-state index contributed by atoms with van der Waals surface area (Å²) in [6, 6.07) is 0. The molecule has 0 aromatic carbocycles. The summed E-state index contributed by atoms with van der Waals surface area (Å²) < 4.78 is 41.0. The van der Waals surface area contributed by atoms with Crippen molar-refractivity contribution in [2.75, 3.05) is 19.8 Å². The second-order valence-corrected chi connectivity index (χ2v) is 14.4. The van der Waals surface area contributed by atoms with Gasteiger partial charge in [-0.05, 0) is 19.8 Å². The SMILES string of the molecule is CCCCCCCCCCCCCCCCOC(=O)OC[C@H]1O[C@@H](O)[C@](C)(F)[C@@H]1OC(=O)OCCCCCCCCCCCCCCCC. The number of aliphatic hydroxyl groups excluding tert-OH is 1. The molecule has 8 nitrogen and oxygen atoms in total. The first-order valence-corrected chi connectivity index (χ1v) is 20.5. The highest BCUT2D eigenvalue weighted by Crippen LogP contribution is 2.36. The predicted molar refractivity (Wildman–Crippen MR) is 195 cm³/mol. The van der Waals surface area contributed by atoms with Crippen LogP contribution in [0.1, 0.15) is 201 Å². The van der Waals surface area contributed by atoms with Gasteiger partial charge < -0.3 is 28.8 Å². The molecule has 0 aromatic rings. The van der Waals surface area contributed by atoms with Crippen LogP contribution in [0.25, 0.3) is 0 Å². The zero-order chi connectivity index (χ0) is 35.8. The van der Waals surface area contributed by atoms with E-state index in [-0.39, 0.29) is 13.2 Å². The predicted octanol–water partition coefficient (Wildman–Crippen LogP) is 12.1. The van der Waals surface area contributed by atoms with E-state index in [1.54, 1.807) is 0 Å². The van der Waals surface area contributed by atoms with Crippen LogP contribution in [0, 0.1) is 0 Å². The largest absolute Gasteiger partial charge is 0.508 e. The van der Waals surface area contributed by atoms with Crippen molar-refractivity contribution in [1.29, 1.82) is 0 Å². The molecule has 0 amide bonds. The van der Waals surface area contributed by atoms with Crippen molar-refractivity contribution in [3.63, 3.8) is 0 Å². The zero-order valence-electron chi connectivity index (χ0n) is 31.8. The van der Waals surface area contributed by atoms with E-state index in [0.717, 1.165) is 39.0 Å². The molecule has 1 saturated heterocycles. The fraction of sp³-hybridized carbons (Fsp3) is 0.950. The molecule has 0 unspecified atom stereocenters. The molecule has 0 aliphatic carbocycles. The van der Waals surface area contributed by atoms with Gasteiger partial charge in [0, 0.05) is 0 Å². The van der Waals surface area contributed by atoms with Crippen molar-refractivity contribution in [3.05, 3.63) is 0 Å². The number of unbranched alkanes of at least 4 members (excludes halogenated alkanes) is 26. The highest BCUT2D eigenvalue weighted by molar-refractivity contribution is 5.61. The maximum Gasteiger partial charge on any atom is 0.508 e. The second-order valence-electron chi connectivity index (χ2n) is 14.4. The van der Waals surface area contributed by atoms with Gasteiger partial charge in [-0.3, -0.25) is 0 Å². The molecule has 1 heterocycles. The van der Waals surface area contributed by atoms with E-state index in [1.165, 1.54) is 141 Å². The Kier molecular flexibility index (Phi) is 28.9. The Bertz CT molecular complexity index is 779. The normalized spacial score (nSPS) is 20.4. The van der Waals surface area contributed by atoms with E-state index in [1.807, 2.05) is 0 Å². The van der Waals surface area contributed by atoms with Crippen molar-refractivity contribution in [1.82, 2.24) is 0 Å². The van der Waals surface area contributed by atoms with Crippen molar-refractivity contribution in [2.45, 2.75) is 225 Å². The lowest BCUT2D eigenvalue weighted by molar-refractivity contribution is -0.145. The summed E-state index contributed by atoms with van der Waals surface area (Å²) in [7, 11) is 0. The lowest BCUT2D eigenvalue weighted by Crippen LogP contribution is -2.45. The van der Waals surface area contributed by atoms with Crippen LogP contribution in [-0.2, 0) is 23.7 Å². The Hall–Kier alpha value is -1.61. The quantitative estimate of drug-likeness (QED) is 0.0533. The smallest absolute Gasteiger partial charge is 0.434 e. The number of alkyl halides is 1. The number of ether oxygens (including phenoxy) is 5. The Morgan fingerprint density at radius 1 is 0.551 bits per heavy atom. The summed E-state index contributed by atoms with van der Waals surface area (Å²) in [6.45, 7) is 5.56. The van der Waals surface area contributed by atoms with Gasteiger partial charge in [-0.25, -0.2) is 14.0 Å². The first-order valence-electron chi connectivity index (χ1n) is 20.5. The van der Waals surface area contributed by atoms with Crippen LogP contribution in [0.2, 0.25) is 0 Å². The standard InChI is InChI=1S/C40H75FO8/c1-4-6-8-10-12-14-16-18-20-22-24-26-28-30-32-45-38(43)47-34-35-36(40(3,41)37(42)48-35)49-39(44)46-33-31-29-27-25-23-21-19-17-15-13-11-9-7-5-2/h35-37,42H,4-34H2,1-3H3/t35-,36-,37-,40-/m1/s1. The van der Waals surface area contributed by atoms with Crippen molar-refractivity contribution in [3.8, 4) is 0 Å². The Morgan fingerprint density at radius 3 is 1.24 bits per heavy atom. The second kappa shape index (κ2) is 31.2. The monoisotopic (exact) mass is 703 g/mol. The molecule has 4 atom stereocenters. The average Bonchev–Trinajstić information content (AvgIpc) is 3.29. The molecule has 0 aromatic heterocycles. The van der Waals surface area contributed by atoms with Crippen LogP contribution in [0.4, 0.5) is 14.0 Å². The number of carbonyl (C=O) groups is 2. The van der Waals surface area contributed by atoms with Crippen LogP contribution >= 0.6 is 0 Å². The molecule has 1 N–H and O–H groups in total. The summed E-state index contributed by atoms with van der Waals surface area (Å²) >= 11 is 0. The molecule has 0 radical (unpaired) electrons. The lowest BCUT2D eigenvalue weighted by Gasteiger charge is -2.24. The third-order valence-electron chi connectivity index (χ3n) is 9.70. The van der Waals surface area contributed by atoms with Gasteiger partial charge in [0.2, 0.25) is 0 Å². The number of carbonyl (C=O) groups excluding carboxylic acids is 2. The zero-order valence-corrected chi connectivity index (χ0v) is 31.8. The van der Waals surface area contributed by atoms with Gasteiger partial charge in [0.1, 0.15) is 12.7 Å². The maximum atomic E-state index is 15.2. The topological polar surface area (TPSA) is 101 Å². The first-order chi connectivity index (χ1) is 23.8. The lowest BCUT2D eigenvalue weighted by atomic mass is 10.00. The molecule has 1 fully saturated rings. The molecule has 9 heteroatoms. The summed E-state index contributed by atoms with van der Waals surface area (Å²) in [5.41, 5.74) is -2.39. The molecule has 0 bridgehead atoms. The van der Waals surface area contributed by atoms with E-state index in [0.29, 0.717) is 6.42 Å². The van der Waals surface area contributed by atoms with Gasteiger partial charge in [-0.15, -0.1) is 0 Å². The van der Waals surface area contributed by atoms with Gasteiger partial charge in [-0.2, -0.15) is 0 Å². The van der Waals surface area contributed by atoms with Gasteiger partial charge in [0.25, 0.3) is 0 Å². The minimum atomic E-state index is -2.39. The van der Waals surface area contributed by atoms with E-state index >= 15 is 4.39 Å². The number of hydrogen-bond acceptors (Lipinski definition) is 8. The van der Waals surface area contributed by atoms with Crippen LogP contribution in [0.5, 0.6) is 0 Å². The highest BCUT2D eigenvalue weighted by atomic mass is 19.1. The van der Waals surface area contributed by atoms with Gasteiger partial charge >= 0.3 is 12.3 Å². The molecule has 1 rings (SSSR count). The van der Waals surface area contributed by atoms with E-state index in [2.05, 4.69) is 13.8 Å². The third-order valence-corrected chi connectivity index (χ3v) is 9.70. The van der Waals surface area contributed by atoms with E-state index in [4.69, 9.17) is 23.7 Å². The summed E-state index contributed by atoms with van der Waals surface area (Å²) in [5, 5.41) is 10.0. The summed E-state index contributed by atoms with van der Waals surface area (Å²) in [5.74, 6) is 0. The fourth-order valence-corrected chi connectivity index (χ4v) is 6.43. The maximum absolute atomic E-state index is 15.2. The van der Waals surface area contributed by atoms with Gasteiger partial charge in [0.05, 0.1) is 13.2 Å². The molecule has 49 heavy (non-hydrogen) atoms. The van der Waals surface area contributed by atoms with Crippen LogP contribution in [0.3, 0.4) is 0 Å². The van der Waals surface area contributed by atoms with Crippen molar-refractivity contribution in [2.24, 2.45) is 0 Å². The number of aliphatic hydroxyl groups is 1. The number of hydrogen-bond donors (Lipinski definition) is 1. The van der Waals surface area contributed by atoms with Crippen LogP contribution in [-0.4, -0.2) is 61.4 Å². The van der Waals surface area contributed by atoms with Crippen molar-refractivity contribution >= 4 is 12.3 Å². The Morgan fingerprint density at radius 2 is 0.878 bits per heavy atom. The molecule has 290 valence electrons. The van der Waals surface area contributed by atoms with Crippen LogP contribution in [0.15, 0.2) is 0 Å². The molecule has 1 aliphatic rings. The number of rotatable bonds is 33. The summed E-state index contributed by atoms with van der Waals surface area (Å²) in [4.78, 5) is 24.4. The molecular formula is C40H75FO8. The van der Waals surface area contributed by atoms with E-state index in [9.17, 15) is 14.7 Å². The molecular weight excluding hydrogens is 627 g/mol. The molecule has 0 spiro atoms. The van der Waals surface area contributed by atoms with Gasteiger partial charge in [-0.1, -0.05) is 181 Å². The van der Waals surface area contributed by atoms with E-state index < -0.39 is 43.1 Å². The fourth-order valence-electron chi connectivity index (χ4n) is 6.43. The van der Waals surface area contributed by atoms with Crippen molar-refractivity contribution < 1.29 is 42.8 Å². The Labute approximate surface area is 299 Å².